The van der Waals surface area contributed by atoms with E-state index in [2.05, 4.69) is 103 Å². The number of benzene rings is 2. The van der Waals surface area contributed by atoms with Gasteiger partial charge in [-0.15, -0.1) is 0 Å². The van der Waals surface area contributed by atoms with E-state index in [1.807, 2.05) is 0 Å². The first kappa shape index (κ1) is 29.5. The van der Waals surface area contributed by atoms with Crippen LogP contribution in [0.5, 0.6) is 0 Å². The Hall–Kier alpha value is -2.60. The van der Waals surface area contributed by atoms with Gasteiger partial charge in [0.1, 0.15) is 0 Å². The summed E-state index contributed by atoms with van der Waals surface area (Å²) < 4.78 is 0. The number of aryl methyl sites for hydroxylation is 2. The van der Waals surface area contributed by atoms with Gasteiger partial charge in [0, 0.05) is 5.92 Å². The molecule has 0 bridgehead atoms. The Kier molecular flexibility index (Phi) is 8.06. The lowest BCUT2D eigenvalue weighted by molar-refractivity contribution is 0.203. The highest BCUT2D eigenvalue weighted by Crippen LogP contribution is 2.49. The van der Waals surface area contributed by atoms with Gasteiger partial charge < -0.3 is 0 Å². The maximum absolute atomic E-state index is 4.64. The number of rotatable bonds is 7. The van der Waals surface area contributed by atoms with Crippen LogP contribution in [-0.4, -0.2) is 0 Å². The van der Waals surface area contributed by atoms with Crippen LogP contribution in [0.1, 0.15) is 100 Å². The van der Waals surface area contributed by atoms with Crippen LogP contribution in [0, 0.1) is 54.8 Å². The summed E-state index contributed by atoms with van der Waals surface area (Å²) in [5, 5.41) is 0. The van der Waals surface area contributed by atoms with Crippen molar-refractivity contribution in [3.05, 3.63) is 100 Å². The van der Waals surface area contributed by atoms with Crippen molar-refractivity contribution in [1.82, 2.24) is 0 Å². The van der Waals surface area contributed by atoms with Gasteiger partial charge in [-0.05, 0) is 126 Å². The molecule has 42 heavy (non-hydrogen) atoms. The van der Waals surface area contributed by atoms with E-state index in [1.54, 1.807) is 5.56 Å². The highest BCUT2D eigenvalue weighted by atomic mass is 14.4. The van der Waals surface area contributed by atoms with Crippen LogP contribution in [0.3, 0.4) is 0 Å². The second kappa shape index (κ2) is 11.5. The summed E-state index contributed by atoms with van der Waals surface area (Å²) in [6.45, 7) is 23.3. The van der Waals surface area contributed by atoms with Crippen molar-refractivity contribution in [2.75, 3.05) is 0 Å². The molecule has 4 aliphatic rings. The molecular weight excluding hydrogens is 504 g/mol. The fraction of sp³-hybridized carbons (Fsp3) is 0.524. The van der Waals surface area contributed by atoms with Gasteiger partial charge in [0.15, 0.2) is 0 Å². The summed E-state index contributed by atoms with van der Waals surface area (Å²) in [6.07, 6.45) is 18.9. The molecule has 2 aromatic carbocycles. The molecule has 0 spiro atoms. The zero-order valence-corrected chi connectivity index (χ0v) is 27.4. The summed E-state index contributed by atoms with van der Waals surface area (Å²) in [5.41, 5.74) is 14.8. The second-order valence-corrected chi connectivity index (χ2v) is 16.0. The summed E-state index contributed by atoms with van der Waals surface area (Å²) in [7, 11) is 0. The Morgan fingerprint density at radius 2 is 1.71 bits per heavy atom. The smallest absolute Gasteiger partial charge is 0.00827 e. The number of hydrogen-bond donors (Lipinski definition) is 0. The Morgan fingerprint density at radius 3 is 2.43 bits per heavy atom. The van der Waals surface area contributed by atoms with Crippen LogP contribution in [0.4, 0.5) is 0 Å². The molecule has 2 fully saturated rings. The molecule has 2 aromatic rings. The third kappa shape index (κ3) is 5.93. The van der Waals surface area contributed by atoms with E-state index < -0.39 is 0 Å². The number of fused-ring (bicyclic) bond motifs is 1. The van der Waals surface area contributed by atoms with Crippen LogP contribution in [0.15, 0.2) is 72.4 Å². The minimum absolute atomic E-state index is 0.289. The molecule has 0 aliphatic heterocycles. The maximum Gasteiger partial charge on any atom is 0.00827 e. The summed E-state index contributed by atoms with van der Waals surface area (Å²) in [4.78, 5) is 0. The predicted molar refractivity (Wildman–Crippen MR) is 183 cm³/mol. The van der Waals surface area contributed by atoms with E-state index in [9.17, 15) is 0 Å². The normalized spacial score (nSPS) is 27.8. The van der Waals surface area contributed by atoms with Gasteiger partial charge >= 0.3 is 0 Å². The van der Waals surface area contributed by atoms with Crippen molar-refractivity contribution >= 4 is 6.08 Å². The van der Waals surface area contributed by atoms with Crippen LogP contribution in [0.2, 0.25) is 0 Å². The average Bonchev–Trinajstić information content (AvgIpc) is 3.45. The van der Waals surface area contributed by atoms with Crippen LogP contribution in [-0.2, 0) is 12.8 Å². The standard InChI is InChI=1S/C42H54/c1-26-17-29(4)39(24-35-23-36(19-28(35)3)32-11-9-12-32)41(18-26)37-14-10-13-33-20-31(22-40(33)37)21-38-27(2)15-16-34(30(38)5)25-42(6,7)8/h10,13-18,20,28,32,34-36,38H,2,5,9,11-12,19,21-25H2,1,3-4,6-8H3/t28-,34?,35-,36?,38?/m0/s1. The molecule has 6 rings (SSSR count). The molecule has 0 heteroatoms. The molecule has 0 nitrogen and oxygen atoms in total. The van der Waals surface area contributed by atoms with E-state index in [0.29, 0.717) is 11.8 Å². The molecule has 0 radical (unpaired) electrons. The van der Waals surface area contributed by atoms with E-state index in [-0.39, 0.29) is 5.41 Å². The molecule has 0 N–H and O–H groups in total. The fourth-order valence-corrected chi connectivity index (χ4v) is 8.92. The van der Waals surface area contributed by atoms with Gasteiger partial charge in [-0.2, -0.15) is 0 Å². The molecule has 0 heterocycles. The third-order valence-corrected chi connectivity index (χ3v) is 11.5. The van der Waals surface area contributed by atoms with Crippen LogP contribution < -0.4 is 0 Å². The fourth-order valence-electron chi connectivity index (χ4n) is 8.92. The first-order valence-corrected chi connectivity index (χ1v) is 16.9. The summed E-state index contributed by atoms with van der Waals surface area (Å²) >= 11 is 0. The molecule has 0 amide bonds. The van der Waals surface area contributed by atoms with E-state index in [1.165, 1.54) is 88.6 Å². The quantitative estimate of drug-likeness (QED) is 0.296. The van der Waals surface area contributed by atoms with Crippen LogP contribution in [0.25, 0.3) is 17.2 Å². The zero-order chi connectivity index (χ0) is 29.8. The zero-order valence-electron chi connectivity index (χ0n) is 27.4. The molecule has 4 aliphatic carbocycles. The van der Waals surface area contributed by atoms with E-state index >= 15 is 0 Å². The van der Waals surface area contributed by atoms with Crippen LogP contribution >= 0.6 is 0 Å². The van der Waals surface area contributed by atoms with Crippen molar-refractivity contribution < 1.29 is 0 Å². The lowest BCUT2D eigenvalue weighted by atomic mass is 9.71. The van der Waals surface area contributed by atoms with Gasteiger partial charge in [-0.1, -0.05) is 125 Å². The second-order valence-electron chi connectivity index (χ2n) is 16.0. The van der Waals surface area contributed by atoms with Crippen molar-refractivity contribution in [1.29, 1.82) is 0 Å². The first-order chi connectivity index (χ1) is 20.0. The predicted octanol–water partition coefficient (Wildman–Crippen LogP) is 11.7. The molecule has 3 unspecified atom stereocenters. The van der Waals surface area contributed by atoms with Crippen molar-refractivity contribution in [3.8, 4) is 11.1 Å². The minimum Gasteiger partial charge on any atom is -0.0986 e. The SMILES string of the molecule is C=C1C=CC(CC(C)(C)C)C(=C)C1CC1=Cc2cccc(-c3cc(C)cc(C)c3C[C@@H]3CC(C4CCC4)C[C@@H]3C)c2C1. The molecule has 0 saturated heterocycles. The Labute approximate surface area is 257 Å². The minimum atomic E-state index is 0.289. The molecule has 5 atom stereocenters. The van der Waals surface area contributed by atoms with Gasteiger partial charge in [-0.25, -0.2) is 0 Å². The van der Waals surface area contributed by atoms with Crippen molar-refractivity contribution in [3.63, 3.8) is 0 Å². The average molecular weight is 559 g/mol. The highest BCUT2D eigenvalue weighted by molar-refractivity contribution is 5.80. The van der Waals surface area contributed by atoms with Gasteiger partial charge in [0.05, 0.1) is 0 Å². The van der Waals surface area contributed by atoms with Gasteiger partial charge in [-0.3, -0.25) is 0 Å². The molecule has 0 aromatic heterocycles. The largest absolute Gasteiger partial charge is 0.0986 e. The third-order valence-electron chi connectivity index (χ3n) is 11.5. The number of hydrogen-bond acceptors (Lipinski definition) is 0. The van der Waals surface area contributed by atoms with Crippen molar-refractivity contribution in [2.45, 2.75) is 99.3 Å². The summed E-state index contributed by atoms with van der Waals surface area (Å²) in [6, 6.07) is 12.0. The summed E-state index contributed by atoms with van der Waals surface area (Å²) in [5.74, 6) is 4.44. The Bertz CT molecular complexity index is 1430. The molecule has 222 valence electrons. The molecule has 2 saturated carbocycles. The Balaban J connectivity index is 1.24. The van der Waals surface area contributed by atoms with Crippen molar-refractivity contribution in [2.24, 2.45) is 40.9 Å². The van der Waals surface area contributed by atoms with E-state index in [4.69, 9.17) is 0 Å². The highest BCUT2D eigenvalue weighted by Gasteiger charge is 2.38. The Morgan fingerprint density at radius 1 is 0.929 bits per heavy atom. The van der Waals surface area contributed by atoms with Gasteiger partial charge in [0.2, 0.25) is 0 Å². The topological polar surface area (TPSA) is 0 Å². The lowest BCUT2D eigenvalue weighted by Crippen LogP contribution is -2.21. The molecular formula is C42H54. The maximum atomic E-state index is 4.64. The van der Waals surface area contributed by atoms with E-state index in [0.717, 1.165) is 42.9 Å². The van der Waals surface area contributed by atoms with Gasteiger partial charge in [0.25, 0.3) is 0 Å². The monoisotopic (exact) mass is 558 g/mol. The number of allylic oxidation sites excluding steroid dienone is 5. The first-order valence-electron chi connectivity index (χ1n) is 16.9. The lowest BCUT2D eigenvalue weighted by Gasteiger charge is -2.33.